The molecule has 1 aliphatic rings. The highest BCUT2D eigenvalue weighted by Gasteiger charge is 2.31. The van der Waals surface area contributed by atoms with Crippen LogP contribution in [0, 0.1) is 5.92 Å². The Labute approximate surface area is 79.8 Å². The first-order valence-corrected chi connectivity index (χ1v) is 5.07. The maximum Gasteiger partial charge on any atom is 0.323 e. The number of hydrogen-bond acceptors (Lipinski definition) is 3. The molecule has 0 saturated carbocycles. The van der Waals surface area contributed by atoms with E-state index < -0.39 is 0 Å². The van der Waals surface area contributed by atoms with Gasteiger partial charge in [-0.2, -0.15) is 0 Å². The molecular weight excluding hydrogens is 166 g/mol. The molecule has 13 heavy (non-hydrogen) atoms. The van der Waals surface area contributed by atoms with Crippen LogP contribution >= 0.6 is 0 Å². The van der Waals surface area contributed by atoms with Gasteiger partial charge in [-0.15, -0.1) is 0 Å². The van der Waals surface area contributed by atoms with Crippen molar-refractivity contribution in [1.29, 1.82) is 0 Å². The summed E-state index contributed by atoms with van der Waals surface area (Å²) in [4.78, 5) is 11.3. The minimum absolute atomic E-state index is 0.0626. The molecule has 0 unspecified atom stereocenters. The third kappa shape index (κ3) is 2.69. The average Bonchev–Trinajstić information content (AvgIpc) is 2.52. The van der Waals surface area contributed by atoms with Gasteiger partial charge in [-0.25, -0.2) is 0 Å². The summed E-state index contributed by atoms with van der Waals surface area (Å²) in [5, 5.41) is 3.30. The molecule has 0 radical (unpaired) electrons. The summed E-state index contributed by atoms with van der Waals surface area (Å²) in [6.07, 6.45) is 2.00. The molecule has 1 saturated heterocycles. The predicted molar refractivity (Wildman–Crippen MR) is 51.4 cm³/mol. The zero-order valence-corrected chi connectivity index (χ0v) is 8.67. The van der Waals surface area contributed by atoms with E-state index in [0.29, 0.717) is 18.6 Å². The highest BCUT2D eigenvalue weighted by atomic mass is 16.5. The van der Waals surface area contributed by atoms with Gasteiger partial charge >= 0.3 is 5.97 Å². The molecule has 0 spiro atoms. The summed E-state index contributed by atoms with van der Waals surface area (Å²) in [5.41, 5.74) is 0. The van der Waals surface area contributed by atoms with Gasteiger partial charge in [0, 0.05) is 6.04 Å². The lowest BCUT2D eigenvalue weighted by Gasteiger charge is -2.16. The number of rotatable bonds is 3. The fourth-order valence-corrected chi connectivity index (χ4v) is 1.73. The maximum absolute atomic E-state index is 11.3. The predicted octanol–water partition coefficient (Wildman–Crippen LogP) is 1.33. The zero-order valence-electron chi connectivity index (χ0n) is 8.67. The molecule has 3 nitrogen and oxygen atoms in total. The lowest BCUT2D eigenvalue weighted by molar-refractivity contribution is -0.145. The smallest absolute Gasteiger partial charge is 0.323 e. The minimum Gasteiger partial charge on any atom is -0.465 e. The van der Waals surface area contributed by atoms with E-state index in [-0.39, 0.29) is 12.0 Å². The lowest BCUT2D eigenvalue weighted by atomic mass is 10.0. The number of nitrogens with one attached hydrogen (secondary N) is 1. The summed E-state index contributed by atoms with van der Waals surface area (Å²) in [7, 11) is 0. The molecule has 2 atom stereocenters. The molecule has 0 bridgehead atoms. The summed E-state index contributed by atoms with van der Waals surface area (Å²) in [6.45, 7) is 6.66. The molecule has 76 valence electrons. The van der Waals surface area contributed by atoms with Crippen molar-refractivity contribution in [2.45, 2.75) is 45.7 Å². The van der Waals surface area contributed by atoms with Crippen molar-refractivity contribution in [3.63, 3.8) is 0 Å². The third-order valence-corrected chi connectivity index (χ3v) is 2.56. The van der Waals surface area contributed by atoms with Crippen molar-refractivity contribution in [3.8, 4) is 0 Å². The second kappa shape index (κ2) is 4.61. The van der Waals surface area contributed by atoms with Crippen LogP contribution in [0.4, 0.5) is 0 Å². The van der Waals surface area contributed by atoms with Gasteiger partial charge in [0.2, 0.25) is 0 Å². The van der Waals surface area contributed by atoms with Crippen LogP contribution in [-0.2, 0) is 9.53 Å². The molecule has 0 aromatic heterocycles. The summed E-state index contributed by atoms with van der Waals surface area (Å²) >= 11 is 0. The number of hydrogen-bond donors (Lipinski definition) is 1. The fourth-order valence-electron chi connectivity index (χ4n) is 1.73. The van der Waals surface area contributed by atoms with Gasteiger partial charge in [0.15, 0.2) is 0 Å². The van der Waals surface area contributed by atoms with Crippen LogP contribution in [0.1, 0.15) is 33.6 Å². The summed E-state index contributed by atoms with van der Waals surface area (Å²) in [5.74, 6) is 0.505. The molecule has 0 aliphatic carbocycles. The van der Waals surface area contributed by atoms with Crippen molar-refractivity contribution in [2.75, 3.05) is 6.61 Å². The van der Waals surface area contributed by atoms with E-state index in [0.717, 1.165) is 12.8 Å². The van der Waals surface area contributed by atoms with Gasteiger partial charge in [-0.3, -0.25) is 4.79 Å². The van der Waals surface area contributed by atoms with Gasteiger partial charge in [0.1, 0.15) is 6.04 Å². The van der Waals surface area contributed by atoms with E-state index in [1.54, 1.807) is 0 Å². The Morgan fingerprint density at radius 3 is 2.69 bits per heavy atom. The van der Waals surface area contributed by atoms with Crippen molar-refractivity contribution in [3.05, 3.63) is 0 Å². The Morgan fingerprint density at radius 2 is 2.23 bits per heavy atom. The number of carbonyl (C=O) groups excluding carboxylic acids is 1. The molecule has 1 rings (SSSR count). The van der Waals surface area contributed by atoms with Crippen molar-refractivity contribution in [2.24, 2.45) is 5.92 Å². The van der Waals surface area contributed by atoms with Gasteiger partial charge in [-0.05, 0) is 25.7 Å². The molecule has 1 N–H and O–H groups in total. The Morgan fingerprint density at radius 1 is 1.54 bits per heavy atom. The summed E-state index contributed by atoms with van der Waals surface area (Å²) < 4.78 is 4.95. The van der Waals surface area contributed by atoms with Gasteiger partial charge in [0.05, 0.1) is 6.61 Å². The van der Waals surface area contributed by atoms with Crippen LogP contribution in [0.15, 0.2) is 0 Å². The first kappa shape index (κ1) is 10.5. The van der Waals surface area contributed by atoms with E-state index in [4.69, 9.17) is 4.74 Å². The molecule has 0 aromatic rings. The van der Waals surface area contributed by atoms with Gasteiger partial charge in [0.25, 0.3) is 0 Å². The Kier molecular flexibility index (Phi) is 3.72. The van der Waals surface area contributed by atoms with Crippen LogP contribution in [0.3, 0.4) is 0 Å². The Bertz CT molecular complexity index is 180. The molecule has 0 aromatic carbocycles. The van der Waals surface area contributed by atoms with Gasteiger partial charge in [-0.1, -0.05) is 13.8 Å². The SMILES string of the molecule is CCOC(=O)[C@@H]1CC[C@@H](C(C)C)N1. The second-order valence-electron chi connectivity index (χ2n) is 3.90. The number of ether oxygens (including phenoxy) is 1. The van der Waals surface area contributed by atoms with Crippen LogP contribution in [0.5, 0.6) is 0 Å². The van der Waals surface area contributed by atoms with Crippen molar-refractivity contribution in [1.82, 2.24) is 5.32 Å². The van der Waals surface area contributed by atoms with E-state index in [1.165, 1.54) is 0 Å². The first-order chi connectivity index (χ1) is 6.15. The normalized spacial score (nSPS) is 28.0. The number of carbonyl (C=O) groups is 1. The third-order valence-electron chi connectivity index (χ3n) is 2.56. The molecule has 1 heterocycles. The quantitative estimate of drug-likeness (QED) is 0.674. The Hall–Kier alpha value is -0.570. The summed E-state index contributed by atoms with van der Waals surface area (Å²) in [6, 6.07) is 0.418. The molecule has 1 fully saturated rings. The van der Waals surface area contributed by atoms with Gasteiger partial charge < -0.3 is 10.1 Å². The molecular formula is C10H19NO2. The monoisotopic (exact) mass is 185 g/mol. The topological polar surface area (TPSA) is 38.3 Å². The molecule has 1 aliphatic heterocycles. The van der Waals surface area contributed by atoms with Crippen LogP contribution in [0.25, 0.3) is 0 Å². The average molecular weight is 185 g/mol. The van der Waals surface area contributed by atoms with Crippen LogP contribution in [0.2, 0.25) is 0 Å². The number of esters is 1. The Balaban J connectivity index is 2.36. The van der Waals surface area contributed by atoms with E-state index in [9.17, 15) is 4.79 Å². The largest absolute Gasteiger partial charge is 0.465 e. The minimum atomic E-state index is -0.0920. The maximum atomic E-state index is 11.3. The standard InChI is InChI=1S/C10H19NO2/c1-4-13-10(12)9-6-5-8(11-9)7(2)3/h7-9,11H,4-6H2,1-3H3/t8-,9-/m0/s1. The van der Waals surface area contributed by atoms with E-state index >= 15 is 0 Å². The van der Waals surface area contributed by atoms with Crippen LogP contribution in [-0.4, -0.2) is 24.7 Å². The molecule has 0 amide bonds. The first-order valence-electron chi connectivity index (χ1n) is 5.07. The van der Waals surface area contributed by atoms with E-state index in [2.05, 4.69) is 19.2 Å². The lowest BCUT2D eigenvalue weighted by Crippen LogP contribution is -2.38. The fraction of sp³-hybridized carbons (Fsp3) is 0.900. The van der Waals surface area contributed by atoms with E-state index in [1.807, 2.05) is 6.92 Å². The molecule has 3 heteroatoms. The second-order valence-corrected chi connectivity index (χ2v) is 3.90. The van der Waals surface area contributed by atoms with Crippen LogP contribution < -0.4 is 5.32 Å². The highest BCUT2D eigenvalue weighted by molar-refractivity contribution is 5.76. The van der Waals surface area contributed by atoms with Crippen molar-refractivity contribution < 1.29 is 9.53 Å². The highest BCUT2D eigenvalue weighted by Crippen LogP contribution is 2.19. The zero-order chi connectivity index (χ0) is 9.84. The van der Waals surface area contributed by atoms with Crippen molar-refractivity contribution >= 4 is 5.97 Å².